The zero-order valence-corrected chi connectivity index (χ0v) is 20.5. The van der Waals surface area contributed by atoms with Gasteiger partial charge < -0.3 is 4.74 Å². The second-order valence-corrected chi connectivity index (χ2v) is 10.3. The number of nitrogens with zero attached hydrogens (tertiary/aromatic N) is 2. The molecule has 1 atom stereocenters. The molecule has 0 saturated heterocycles. The van der Waals surface area contributed by atoms with Crippen LogP contribution in [0.4, 0.5) is 5.69 Å². The Morgan fingerprint density at radius 1 is 1.00 bits per heavy atom. The molecule has 5 rings (SSSR count). The van der Waals surface area contributed by atoms with Crippen LogP contribution in [-0.4, -0.2) is 16.7 Å². The molecule has 0 bridgehead atoms. The van der Waals surface area contributed by atoms with Gasteiger partial charge in [-0.15, -0.1) is 0 Å². The fourth-order valence-electron chi connectivity index (χ4n) is 5.22. The predicted molar refractivity (Wildman–Crippen MR) is 136 cm³/mol. The molecule has 1 unspecified atom stereocenters. The van der Waals surface area contributed by atoms with Crippen molar-refractivity contribution < 1.29 is 14.3 Å². The molecule has 5 heteroatoms. The smallest absolute Gasteiger partial charge is 0.232 e. The largest absolute Gasteiger partial charge is 0.489 e. The number of anilines is 1. The van der Waals surface area contributed by atoms with E-state index in [-0.39, 0.29) is 29.4 Å². The van der Waals surface area contributed by atoms with Gasteiger partial charge in [0.2, 0.25) is 5.91 Å². The number of aryl methyl sites for hydroxylation is 1. The zero-order valence-electron chi connectivity index (χ0n) is 20.5. The number of ether oxygens (including phenoxy) is 1. The number of Topliss-reactive ketones (excluding diaryl/α,β-unsaturated/α-hetero) is 1. The highest BCUT2D eigenvalue weighted by Gasteiger charge is 2.44. The normalized spacial score (nSPS) is 19.5. The molecule has 0 N–H and O–H groups in total. The van der Waals surface area contributed by atoms with Gasteiger partial charge in [0, 0.05) is 36.2 Å². The minimum absolute atomic E-state index is 0.00729. The summed E-state index contributed by atoms with van der Waals surface area (Å²) in [6, 6.07) is 19.7. The van der Waals surface area contributed by atoms with Crippen molar-refractivity contribution in [1.29, 1.82) is 0 Å². The molecule has 5 nitrogen and oxygen atoms in total. The van der Waals surface area contributed by atoms with Crippen molar-refractivity contribution in [3.63, 3.8) is 0 Å². The Morgan fingerprint density at radius 3 is 2.49 bits per heavy atom. The van der Waals surface area contributed by atoms with Crippen molar-refractivity contribution >= 4 is 17.4 Å². The van der Waals surface area contributed by atoms with Gasteiger partial charge in [-0.2, -0.15) is 0 Å². The van der Waals surface area contributed by atoms with Crippen LogP contribution < -0.4 is 9.64 Å². The Hall–Kier alpha value is -3.73. The van der Waals surface area contributed by atoms with Gasteiger partial charge in [0.05, 0.1) is 11.9 Å². The molecule has 1 aromatic heterocycles. The molecule has 1 aliphatic heterocycles. The molecule has 2 heterocycles. The Morgan fingerprint density at radius 2 is 1.77 bits per heavy atom. The van der Waals surface area contributed by atoms with Gasteiger partial charge in [0.1, 0.15) is 12.4 Å². The van der Waals surface area contributed by atoms with E-state index >= 15 is 0 Å². The van der Waals surface area contributed by atoms with Crippen LogP contribution in [0, 0.1) is 12.3 Å². The molecule has 1 aliphatic carbocycles. The third kappa shape index (κ3) is 4.63. The number of hydrogen-bond donors (Lipinski definition) is 0. The number of pyridine rings is 1. The quantitative estimate of drug-likeness (QED) is 0.454. The molecule has 0 spiro atoms. The first-order chi connectivity index (χ1) is 16.8. The Bertz CT molecular complexity index is 1290. The Labute approximate surface area is 206 Å². The molecular weight excluding hydrogens is 436 g/mol. The minimum Gasteiger partial charge on any atom is -0.489 e. The number of amides is 1. The maximum Gasteiger partial charge on any atom is 0.232 e. The van der Waals surface area contributed by atoms with E-state index in [2.05, 4.69) is 37.9 Å². The Kier molecular flexibility index (Phi) is 6.01. The lowest BCUT2D eigenvalue weighted by molar-refractivity contribution is -0.121. The molecule has 1 amide bonds. The first-order valence-electron chi connectivity index (χ1n) is 12.1. The first-order valence-corrected chi connectivity index (χ1v) is 12.1. The number of ketones is 1. The van der Waals surface area contributed by atoms with E-state index in [9.17, 15) is 9.59 Å². The number of carbonyl (C=O) groups is 2. The van der Waals surface area contributed by atoms with E-state index in [0.717, 1.165) is 28.1 Å². The van der Waals surface area contributed by atoms with Crippen molar-refractivity contribution in [3.05, 3.63) is 101 Å². The van der Waals surface area contributed by atoms with Crippen molar-refractivity contribution in [2.75, 3.05) is 4.90 Å². The summed E-state index contributed by atoms with van der Waals surface area (Å²) in [5.41, 5.74) is 5.41. The second kappa shape index (κ2) is 9.14. The van der Waals surface area contributed by atoms with Gasteiger partial charge in [-0.1, -0.05) is 50.2 Å². The summed E-state index contributed by atoms with van der Waals surface area (Å²) in [6.07, 6.45) is 4.78. The van der Waals surface area contributed by atoms with E-state index in [1.54, 1.807) is 17.3 Å². The average molecular weight is 467 g/mol. The van der Waals surface area contributed by atoms with E-state index in [0.29, 0.717) is 25.1 Å². The van der Waals surface area contributed by atoms with Crippen LogP contribution in [0.15, 0.2) is 84.3 Å². The lowest BCUT2D eigenvalue weighted by Gasteiger charge is -2.42. The van der Waals surface area contributed by atoms with Crippen molar-refractivity contribution in [3.8, 4) is 5.75 Å². The number of rotatable bonds is 5. The zero-order chi connectivity index (χ0) is 24.6. The summed E-state index contributed by atoms with van der Waals surface area (Å²) < 4.78 is 6.01. The summed E-state index contributed by atoms with van der Waals surface area (Å²) in [6.45, 7) is 6.75. The van der Waals surface area contributed by atoms with Gasteiger partial charge in [-0.25, -0.2) is 0 Å². The third-order valence-electron chi connectivity index (χ3n) is 6.99. The average Bonchev–Trinajstić information content (AvgIpc) is 2.83. The van der Waals surface area contributed by atoms with E-state index in [4.69, 9.17) is 4.74 Å². The van der Waals surface area contributed by atoms with Gasteiger partial charge in [-0.3, -0.25) is 19.5 Å². The van der Waals surface area contributed by atoms with E-state index < -0.39 is 0 Å². The molecule has 0 radical (unpaired) electrons. The molecule has 2 aromatic carbocycles. The van der Waals surface area contributed by atoms with E-state index in [1.807, 2.05) is 48.5 Å². The lowest BCUT2D eigenvalue weighted by Crippen LogP contribution is -2.43. The summed E-state index contributed by atoms with van der Waals surface area (Å²) in [5.74, 6) is 0.635. The molecule has 178 valence electrons. The van der Waals surface area contributed by atoms with E-state index in [1.165, 1.54) is 5.56 Å². The Balaban J connectivity index is 1.46. The number of benzene rings is 2. The number of allylic oxidation sites excluding steroid dienone is 2. The second-order valence-electron chi connectivity index (χ2n) is 10.3. The highest BCUT2D eigenvalue weighted by atomic mass is 16.5. The fourth-order valence-corrected chi connectivity index (χ4v) is 5.22. The monoisotopic (exact) mass is 466 g/mol. The number of hydrogen-bond acceptors (Lipinski definition) is 4. The molecule has 35 heavy (non-hydrogen) atoms. The number of carbonyl (C=O) groups excluding carboxylic acids is 2. The van der Waals surface area contributed by atoms with Crippen LogP contribution in [0.1, 0.15) is 55.7 Å². The highest BCUT2D eigenvalue weighted by Crippen LogP contribution is 2.48. The van der Waals surface area contributed by atoms with Crippen LogP contribution in [-0.2, 0) is 16.2 Å². The van der Waals surface area contributed by atoms with Gasteiger partial charge in [-0.05, 0) is 59.7 Å². The minimum atomic E-state index is -0.251. The van der Waals surface area contributed by atoms with Crippen molar-refractivity contribution in [2.45, 2.75) is 52.6 Å². The summed E-state index contributed by atoms with van der Waals surface area (Å²) >= 11 is 0. The van der Waals surface area contributed by atoms with Crippen LogP contribution in [0.2, 0.25) is 0 Å². The lowest BCUT2D eigenvalue weighted by atomic mass is 9.69. The van der Waals surface area contributed by atoms with Crippen LogP contribution in [0.25, 0.3) is 0 Å². The van der Waals surface area contributed by atoms with Crippen LogP contribution in [0.5, 0.6) is 5.75 Å². The number of aromatic nitrogens is 1. The van der Waals surface area contributed by atoms with Crippen molar-refractivity contribution in [1.82, 2.24) is 4.98 Å². The van der Waals surface area contributed by atoms with Gasteiger partial charge in [0.15, 0.2) is 5.78 Å². The standard InChI is InChI=1S/C30H30N2O3/c1-20-7-4-5-8-22(20)19-35-24-12-10-21(11-13-24)25-15-28(34)32(23-9-6-14-31-18-23)26-16-30(2,3)17-27(33)29(25)26/h4-14,18,25H,15-17,19H2,1-3H3. The topological polar surface area (TPSA) is 59.5 Å². The molecule has 3 aromatic rings. The van der Waals surface area contributed by atoms with Crippen LogP contribution in [0.3, 0.4) is 0 Å². The third-order valence-corrected chi connectivity index (χ3v) is 6.99. The maximum absolute atomic E-state index is 13.4. The van der Waals surface area contributed by atoms with Crippen molar-refractivity contribution in [2.24, 2.45) is 5.41 Å². The molecule has 0 saturated carbocycles. The predicted octanol–water partition coefficient (Wildman–Crippen LogP) is 6.13. The fraction of sp³-hybridized carbons (Fsp3) is 0.300. The maximum atomic E-state index is 13.4. The molecule has 0 fully saturated rings. The summed E-state index contributed by atoms with van der Waals surface area (Å²) in [5, 5.41) is 0. The van der Waals surface area contributed by atoms with Gasteiger partial charge >= 0.3 is 0 Å². The summed E-state index contributed by atoms with van der Waals surface area (Å²) in [4.78, 5) is 32.8. The highest BCUT2D eigenvalue weighted by molar-refractivity contribution is 6.07. The SMILES string of the molecule is Cc1ccccc1COc1ccc(C2CC(=O)N(c3cccnc3)C3=C2C(=O)CC(C)(C)C3)cc1. The molecular formula is C30H30N2O3. The van der Waals surface area contributed by atoms with Crippen LogP contribution >= 0.6 is 0 Å². The summed E-state index contributed by atoms with van der Waals surface area (Å²) in [7, 11) is 0. The van der Waals surface area contributed by atoms with Gasteiger partial charge in [0.25, 0.3) is 0 Å². The molecule has 2 aliphatic rings. The first kappa shape index (κ1) is 23.0.